The van der Waals surface area contributed by atoms with Gasteiger partial charge in [-0.1, -0.05) is 25.7 Å². The molecular formula is C26H36N4O10. The van der Waals surface area contributed by atoms with Crippen molar-refractivity contribution in [1.82, 2.24) is 13.7 Å². The van der Waals surface area contributed by atoms with Crippen LogP contribution in [0.4, 0.5) is 0 Å². The van der Waals surface area contributed by atoms with Crippen LogP contribution in [0.25, 0.3) is 0 Å². The zero-order valence-electron chi connectivity index (χ0n) is 23.3. The van der Waals surface area contributed by atoms with Gasteiger partial charge in [0, 0.05) is 25.6 Å². The van der Waals surface area contributed by atoms with E-state index in [0.29, 0.717) is 26.0 Å². The molecule has 2 atom stereocenters. The Morgan fingerprint density at radius 3 is 1.98 bits per heavy atom. The largest absolute Gasteiger partial charge is 0.466 e. The summed E-state index contributed by atoms with van der Waals surface area (Å²) in [5.74, 6) is -2.04. The minimum absolute atomic E-state index is 0.0898. The molecule has 0 aliphatic carbocycles. The van der Waals surface area contributed by atoms with E-state index in [4.69, 9.17) is 14.2 Å². The molecule has 0 fully saturated rings. The molecule has 2 unspecified atom stereocenters. The van der Waals surface area contributed by atoms with Crippen molar-refractivity contribution in [3.63, 3.8) is 0 Å². The van der Waals surface area contributed by atoms with Gasteiger partial charge in [-0.05, 0) is 39.0 Å². The molecule has 14 heteroatoms. The first-order valence-corrected chi connectivity index (χ1v) is 12.7. The molecule has 0 spiro atoms. The Bertz CT molecular complexity index is 1330. The summed E-state index contributed by atoms with van der Waals surface area (Å²) in [6, 6.07) is 0. The summed E-state index contributed by atoms with van der Waals surface area (Å²) in [5, 5.41) is 0. The van der Waals surface area contributed by atoms with Crippen molar-refractivity contribution in [2.45, 2.75) is 85.8 Å². The fraction of sp³-hybridized carbons (Fsp3) is 0.577. The molecule has 1 aromatic heterocycles. The molecule has 220 valence electrons. The third-order valence-electron chi connectivity index (χ3n) is 5.81. The second kappa shape index (κ2) is 16.6. The average Bonchev–Trinajstić information content (AvgIpc) is 2.87. The second-order valence-electron chi connectivity index (χ2n) is 9.03. The number of esters is 3. The maximum Gasteiger partial charge on any atom is 0.337 e. The van der Waals surface area contributed by atoms with E-state index in [1.54, 1.807) is 0 Å². The maximum absolute atomic E-state index is 12.9. The van der Waals surface area contributed by atoms with Crippen LogP contribution in [-0.2, 0) is 53.1 Å². The van der Waals surface area contributed by atoms with Crippen LogP contribution in [0.15, 0.2) is 43.7 Å². The van der Waals surface area contributed by atoms with Crippen LogP contribution in [0.1, 0.15) is 59.8 Å². The van der Waals surface area contributed by atoms with Crippen LogP contribution in [0.2, 0.25) is 0 Å². The van der Waals surface area contributed by atoms with Crippen molar-refractivity contribution < 1.29 is 33.4 Å². The maximum atomic E-state index is 12.9. The number of isocyanates is 1. The Kier molecular flexibility index (Phi) is 14.0. The van der Waals surface area contributed by atoms with E-state index in [-0.39, 0.29) is 18.6 Å². The van der Waals surface area contributed by atoms with E-state index in [1.165, 1.54) is 19.9 Å². The molecule has 1 heterocycles. The molecule has 0 radical (unpaired) electrons. The zero-order chi connectivity index (χ0) is 30.4. The van der Waals surface area contributed by atoms with E-state index >= 15 is 0 Å². The smallest absolute Gasteiger partial charge is 0.337 e. The minimum Gasteiger partial charge on any atom is -0.466 e. The lowest BCUT2D eigenvalue weighted by molar-refractivity contribution is -0.181. The molecule has 0 saturated carbocycles. The van der Waals surface area contributed by atoms with Gasteiger partial charge in [0.1, 0.15) is 6.67 Å². The Labute approximate surface area is 230 Å². The molecule has 40 heavy (non-hydrogen) atoms. The summed E-state index contributed by atoms with van der Waals surface area (Å²) in [4.78, 5) is 88.2. The number of aromatic nitrogens is 3. The molecule has 0 aromatic carbocycles. The highest BCUT2D eigenvalue weighted by Gasteiger charge is 2.19. The van der Waals surface area contributed by atoms with Crippen LogP contribution in [0, 0.1) is 5.92 Å². The van der Waals surface area contributed by atoms with E-state index in [9.17, 15) is 33.6 Å². The quantitative estimate of drug-likeness (QED) is 0.0508. The molecule has 0 saturated heterocycles. The lowest BCUT2D eigenvalue weighted by atomic mass is 9.94. The zero-order valence-corrected chi connectivity index (χ0v) is 23.3. The number of carbonyl (C=O) groups excluding carboxylic acids is 4. The topological polar surface area (TPSA) is 174 Å². The lowest BCUT2D eigenvalue weighted by Crippen LogP contribution is -2.54. The van der Waals surface area contributed by atoms with Gasteiger partial charge >= 0.3 is 35.0 Å². The number of aliphatic imine (C=N–C) groups is 1. The molecule has 0 aliphatic rings. The van der Waals surface area contributed by atoms with Gasteiger partial charge in [-0.3, -0.25) is 9.59 Å². The van der Waals surface area contributed by atoms with Crippen molar-refractivity contribution in [1.29, 1.82) is 0 Å². The fourth-order valence-electron chi connectivity index (χ4n) is 3.60. The van der Waals surface area contributed by atoms with Crippen molar-refractivity contribution in [3.05, 3.63) is 55.8 Å². The minimum atomic E-state index is -1.26. The number of hydrogen-bond donors (Lipinski definition) is 0. The summed E-state index contributed by atoms with van der Waals surface area (Å²) in [7, 11) is 0. The lowest BCUT2D eigenvalue weighted by Gasteiger charge is -2.15. The third-order valence-corrected chi connectivity index (χ3v) is 5.81. The van der Waals surface area contributed by atoms with Crippen LogP contribution >= 0.6 is 0 Å². The molecule has 1 aromatic rings. The third kappa shape index (κ3) is 10.4. The average molecular weight is 565 g/mol. The highest BCUT2D eigenvalue weighted by Crippen LogP contribution is 2.18. The van der Waals surface area contributed by atoms with E-state index in [0.717, 1.165) is 18.4 Å². The van der Waals surface area contributed by atoms with Gasteiger partial charge in [0.25, 0.3) is 0 Å². The first kappa shape index (κ1) is 33.7. The van der Waals surface area contributed by atoms with Gasteiger partial charge in [0.05, 0.1) is 19.4 Å². The Balaban J connectivity index is 2.99. The van der Waals surface area contributed by atoms with Crippen LogP contribution in [0.3, 0.4) is 0 Å². The van der Waals surface area contributed by atoms with E-state index < -0.39 is 67.4 Å². The second-order valence-corrected chi connectivity index (χ2v) is 9.03. The van der Waals surface area contributed by atoms with Crippen molar-refractivity contribution in [2.75, 3.05) is 6.61 Å². The number of allylic oxidation sites excluding steroid dienone is 1. The monoisotopic (exact) mass is 564 g/mol. The highest BCUT2D eigenvalue weighted by atomic mass is 16.7. The van der Waals surface area contributed by atoms with Gasteiger partial charge in [0.15, 0.2) is 0 Å². The SMILES string of the molecule is C=C(C)C(=O)OC(C)OC(=O)CCn1c(=O)n(CCC(=O)OCCCC(CC)C(=C)C)c(=O)n(CN=C=O)c1=O. The Morgan fingerprint density at radius 1 is 0.925 bits per heavy atom. The molecule has 0 aliphatic heterocycles. The normalized spacial score (nSPS) is 12.0. The highest BCUT2D eigenvalue weighted by molar-refractivity contribution is 5.87. The number of hydrogen-bond acceptors (Lipinski definition) is 11. The van der Waals surface area contributed by atoms with Crippen LogP contribution in [-0.4, -0.2) is 50.6 Å². The summed E-state index contributed by atoms with van der Waals surface area (Å²) in [5.41, 5.74) is -2.19. The molecule has 0 N–H and O–H groups in total. The van der Waals surface area contributed by atoms with E-state index in [1.807, 2.05) is 13.8 Å². The molecule has 14 nitrogen and oxygen atoms in total. The molecule has 0 bridgehead atoms. The fourth-order valence-corrected chi connectivity index (χ4v) is 3.60. The number of nitrogens with zero attached hydrogens (tertiary/aromatic N) is 4. The standard InChI is InChI=1S/C26H36N4O10/c1-7-20(17(2)3)9-8-14-38-21(32)10-12-28-24(35)29(26(37)30(25(28)36)15-27-16-31)13-11-22(33)39-19(6)40-23(34)18(4)5/h19-20H,2,4,7-15H2,1,3,5-6H3. The van der Waals surface area contributed by atoms with Gasteiger partial charge in [0.2, 0.25) is 12.4 Å². The molecule has 1 rings (SSSR count). The summed E-state index contributed by atoms with van der Waals surface area (Å²) in [6.07, 6.45) is 1.39. The first-order valence-electron chi connectivity index (χ1n) is 12.7. The number of rotatable bonds is 17. The first-order chi connectivity index (χ1) is 18.8. The van der Waals surface area contributed by atoms with E-state index in [2.05, 4.69) is 18.2 Å². The summed E-state index contributed by atoms with van der Waals surface area (Å²) < 4.78 is 16.6. The van der Waals surface area contributed by atoms with Crippen molar-refractivity contribution >= 4 is 24.0 Å². The summed E-state index contributed by atoms with van der Waals surface area (Å²) >= 11 is 0. The predicted octanol–water partition coefficient (Wildman–Crippen LogP) is 1.18. The predicted molar refractivity (Wildman–Crippen MR) is 142 cm³/mol. The molecular weight excluding hydrogens is 528 g/mol. The van der Waals surface area contributed by atoms with Gasteiger partial charge in [-0.15, -0.1) is 0 Å². The van der Waals surface area contributed by atoms with Crippen LogP contribution < -0.4 is 17.1 Å². The van der Waals surface area contributed by atoms with Gasteiger partial charge < -0.3 is 14.2 Å². The van der Waals surface area contributed by atoms with Crippen LogP contribution in [0.5, 0.6) is 0 Å². The number of carbonyl (C=O) groups is 3. The summed E-state index contributed by atoms with van der Waals surface area (Å²) in [6.45, 7) is 12.5. The Hall–Kier alpha value is -4.32. The Morgan fingerprint density at radius 2 is 1.48 bits per heavy atom. The van der Waals surface area contributed by atoms with Crippen molar-refractivity contribution in [2.24, 2.45) is 10.9 Å². The van der Waals surface area contributed by atoms with Crippen molar-refractivity contribution in [3.8, 4) is 0 Å². The van der Waals surface area contributed by atoms with Gasteiger partial charge in [-0.25, -0.2) is 37.7 Å². The van der Waals surface area contributed by atoms with Gasteiger partial charge in [-0.2, -0.15) is 4.99 Å². The molecule has 0 amide bonds. The number of ether oxygens (including phenoxy) is 3.